The maximum Gasteiger partial charge on any atom is 0.240 e. The third-order valence-corrected chi connectivity index (χ3v) is 4.45. The summed E-state index contributed by atoms with van der Waals surface area (Å²) in [6.45, 7) is 1.51. The summed E-state index contributed by atoms with van der Waals surface area (Å²) in [5.41, 5.74) is 2.67. The van der Waals surface area contributed by atoms with Gasteiger partial charge in [-0.05, 0) is 48.0 Å². The Morgan fingerprint density at radius 3 is 2.23 bits per heavy atom. The first-order chi connectivity index (χ1) is 12.6. The summed E-state index contributed by atoms with van der Waals surface area (Å²) in [7, 11) is 4.86. The van der Waals surface area contributed by atoms with Gasteiger partial charge in [0.05, 0.1) is 33.1 Å². The van der Waals surface area contributed by atoms with Gasteiger partial charge in [-0.3, -0.25) is 4.79 Å². The molecule has 0 bridgehead atoms. The van der Waals surface area contributed by atoms with Crippen LogP contribution in [0.2, 0.25) is 0 Å². The van der Waals surface area contributed by atoms with Crippen molar-refractivity contribution in [1.82, 2.24) is 5.01 Å². The van der Waals surface area contributed by atoms with Crippen molar-refractivity contribution in [3.8, 4) is 17.2 Å². The van der Waals surface area contributed by atoms with Crippen molar-refractivity contribution >= 4 is 11.6 Å². The Morgan fingerprint density at radius 1 is 1.00 bits per heavy atom. The first-order valence-corrected chi connectivity index (χ1v) is 8.31. The predicted molar refractivity (Wildman–Crippen MR) is 99.0 cm³/mol. The Bertz CT molecular complexity index is 830. The lowest BCUT2D eigenvalue weighted by Gasteiger charge is -2.22. The first kappa shape index (κ1) is 17.8. The van der Waals surface area contributed by atoms with E-state index in [1.54, 1.807) is 21.3 Å². The number of rotatable bonds is 5. The average Bonchev–Trinajstić information content (AvgIpc) is 3.13. The van der Waals surface area contributed by atoms with Gasteiger partial charge >= 0.3 is 0 Å². The molecule has 0 radical (unpaired) electrons. The van der Waals surface area contributed by atoms with Crippen molar-refractivity contribution in [2.75, 3.05) is 21.3 Å². The average molecular weight is 354 g/mol. The van der Waals surface area contributed by atoms with E-state index in [0.717, 1.165) is 22.6 Å². The number of benzene rings is 2. The monoisotopic (exact) mass is 354 g/mol. The Labute approximate surface area is 153 Å². The van der Waals surface area contributed by atoms with E-state index in [2.05, 4.69) is 5.10 Å². The Hall–Kier alpha value is -3.02. The number of hydrogen-bond acceptors (Lipinski definition) is 5. The fraction of sp³-hybridized carbons (Fsp3) is 0.300. The molecular formula is C20H22N2O4. The number of carbonyl (C=O) groups excluding carboxylic acids is 1. The van der Waals surface area contributed by atoms with Crippen LogP contribution in [0.5, 0.6) is 17.2 Å². The quantitative estimate of drug-likeness (QED) is 0.826. The van der Waals surface area contributed by atoms with Crippen molar-refractivity contribution in [3.05, 3.63) is 53.6 Å². The molecule has 2 aromatic carbocycles. The minimum Gasteiger partial charge on any atom is -0.497 e. The van der Waals surface area contributed by atoms with Crippen LogP contribution in [0.3, 0.4) is 0 Å². The summed E-state index contributed by atoms with van der Waals surface area (Å²) in [5, 5.41) is 6.08. The molecule has 1 amide bonds. The smallest absolute Gasteiger partial charge is 0.240 e. The van der Waals surface area contributed by atoms with Gasteiger partial charge in [-0.25, -0.2) is 5.01 Å². The zero-order chi connectivity index (χ0) is 18.7. The lowest BCUT2D eigenvalue weighted by atomic mass is 9.97. The highest BCUT2D eigenvalue weighted by atomic mass is 16.5. The van der Waals surface area contributed by atoms with Gasteiger partial charge in [0.1, 0.15) is 17.2 Å². The second kappa shape index (κ2) is 7.47. The third kappa shape index (κ3) is 3.35. The third-order valence-electron chi connectivity index (χ3n) is 4.45. The highest BCUT2D eigenvalue weighted by Crippen LogP contribution is 2.39. The molecule has 1 aliphatic heterocycles. The molecule has 0 N–H and O–H groups in total. The van der Waals surface area contributed by atoms with Crippen LogP contribution < -0.4 is 14.2 Å². The van der Waals surface area contributed by atoms with Crippen molar-refractivity contribution in [2.45, 2.75) is 19.4 Å². The lowest BCUT2D eigenvalue weighted by Crippen LogP contribution is -2.24. The summed E-state index contributed by atoms with van der Waals surface area (Å²) >= 11 is 0. The topological polar surface area (TPSA) is 60.4 Å². The summed E-state index contributed by atoms with van der Waals surface area (Å²) in [4.78, 5) is 12.2. The molecule has 0 aliphatic carbocycles. The number of hydrogen-bond donors (Lipinski definition) is 0. The Kier molecular flexibility index (Phi) is 5.11. The Morgan fingerprint density at radius 2 is 1.65 bits per heavy atom. The SMILES string of the molecule is COc1ccc(C2=NN(C(C)=O)[C@@H](c3cc(OC)ccc3OC)C2)cc1. The van der Waals surface area contributed by atoms with Gasteiger partial charge in [0.2, 0.25) is 5.91 Å². The predicted octanol–water partition coefficient (Wildman–Crippen LogP) is 3.41. The van der Waals surface area contributed by atoms with Crippen molar-refractivity contribution < 1.29 is 19.0 Å². The van der Waals surface area contributed by atoms with Crippen LogP contribution in [0.25, 0.3) is 0 Å². The Balaban J connectivity index is 1.97. The van der Waals surface area contributed by atoms with E-state index >= 15 is 0 Å². The molecule has 1 atom stereocenters. The van der Waals surface area contributed by atoms with Gasteiger partial charge in [0, 0.05) is 18.9 Å². The lowest BCUT2D eigenvalue weighted by molar-refractivity contribution is -0.130. The van der Waals surface area contributed by atoms with Crippen LogP contribution >= 0.6 is 0 Å². The van der Waals surface area contributed by atoms with E-state index in [1.807, 2.05) is 42.5 Å². The van der Waals surface area contributed by atoms with E-state index in [9.17, 15) is 4.79 Å². The molecule has 0 spiro atoms. The first-order valence-electron chi connectivity index (χ1n) is 8.31. The molecule has 136 valence electrons. The minimum atomic E-state index is -0.241. The van der Waals surface area contributed by atoms with Crippen LogP contribution in [-0.2, 0) is 4.79 Å². The fourth-order valence-corrected chi connectivity index (χ4v) is 3.10. The van der Waals surface area contributed by atoms with E-state index < -0.39 is 0 Å². The number of carbonyl (C=O) groups is 1. The number of nitrogens with zero attached hydrogens (tertiary/aromatic N) is 2. The molecule has 0 unspecified atom stereocenters. The molecular weight excluding hydrogens is 332 g/mol. The minimum absolute atomic E-state index is 0.122. The van der Waals surface area contributed by atoms with Crippen LogP contribution in [0, 0.1) is 0 Å². The van der Waals surface area contributed by atoms with E-state index in [1.165, 1.54) is 11.9 Å². The van der Waals surface area contributed by atoms with E-state index in [-0.39, 0.29) is 11.9 Å². The van der Waals surface area contributed by atoms with Crippen LogP contribution in [0.15, 0.2) is 47.6 Å². The van der Waals surface area contributed by atoms with Gasteiger partial charge in [-0.2, -0.15) is 5.10 Å². The summed E-state index contributed by atoms with van der Waals surface area (Å²) in [5.74, 6) is 2.07. The molecule has 6 heteroatoms. The second-order valence-corrected chi connectivity index (χ2v) is 5.97. The second-order valence-electron chi connectivity index (χ2n) is 5.97. The zero-order valence-corrected chi connectivity index (χ0v) is 15.4. The van der Waals surface area contributed by atoms with Gasteiger partial charge in [0.15, 0.2) is 0 Å². The molecule has 26 heavy (non-hydrogen) atoms. The molecule has 0 saturated heterocycles. The van der Waals surface area contributed by atoms with Gasteiger partial charge in [0.25, 0.3) is 0 Å². The maximum atomic E-state index is 12.2. The number of methoxy groups -OCH3 is 3. The van der Waals surface area contributed by atoms with Crippen molar-refractivity contribution in [2.24, 2.45) is 5.10 Å². The summed E-state index contributed by atoms with van der Waals surface area (Å²) in [6, 6.07) is 13.0. The highest BCUT2D eigenvalue weighted by Gasteiger charge is 2.33. The largest absolute Gasteiger partial charge is 0.497 e. The summed E-state index contributed by atoms with van der Waals surface area (Å²) < 4.78 is 16.0. The number of ether oxygens (including phenoxy) is 3. The van der Waals surface area contributed by atoms with Gasteiger partial charge in [-0.1, -0.05) is 0 Å². The maximum absolute atomic E-state index is 12.2. The molecule has 1 heterocycles. The molecule has 0 fully saturated rings. The molecule has 3 rings (SSSR count). The van der Waals surface area contributed by atoms with Crippen molar-refractivity contribution in [3.63, 3.8) is 0 Å². The highest BCUT2D eigenvalue weighted by molar-refractivity contribution is 6.03. The number of amides is 1. The fourth-order valence-electron chi connectivity index (χ4n) is 3.10. The van der Waals surface area contributed by atoms with Crippen LogP contribution in [0.4, 0.5) is 0 Å². The van der Waals surface area contributed by atoms with E-state index in [4.69, 9.17) is 14.2 Å². The molecule has 0 aromatic heterocycles. The van der Waals surface area contributed by atoms with Crippen LogP contribution in [-0.4, -0.2) is 38.0 Å². The molecule has 1 aliphatic rings. The normalized spacial score (nSPS) is 16.2. The summed E-state index contributed by atoms with van der Waals surface area (Å²) in [6.07, 6.45) is 0.593. The van der Waals surface area contributed by atoms with E-state index in [0.29, 0.717) is 17.9 Å². The molecule has 0 saturated carbocycles. The standard InChI is InChI=1S/C20H22N2O4/c1-13(23)22-19(17-11-16(25-3)9-10-20(17)26-4)12-18(21-22)14-5-7-15(24-2)8-6-14/h5-11,19H,12H2,1-4H3/t19-/m1/s1. The van der Waals surface area contributed by atoms with Crippen molar-refractivity contribution in [1.29, 1.82) is 0 Å². The molecule has 2 aromatic rings. The van der Waals surface area contributed by atoms with Gasteiger partial charge in [-0.15, -0.1) is 0 Å². The molecule has 6 nitrogen and oxygen atoms in total. The van der Waals surface area contributed by atoms with Gasteiger partial charge < -0.3 is 14.2 Å². The number of hydrazone groups is 1. The van der Waals surface area contributed by atoms with Crippen LogP contribution in [0.1, 0.15) is 30.5 Å². The zero-order valence-electron chi connectivity index (χ0n) is 15.4.